The summed E-state index contributed by atoms with van der Waals surface area (Å²) in [5, 5.41) is 21.7. The average Bonchev–Trinajstić information content (AvgIpc) is 3.46. The quantitative estimate of drug-likeness (QED) is 0.100. The highest BCUT2D eigenvalue weighted by molar-refractivity contribution is 7.14. The van der Waals surface area contributed by atoms with Crippen LogP contribution >= 0.6 is 22.9 Å². The van der Waals surface area contributed by atoms with Crippen molar-refractivity contribution in [1.82, 2.24) is 10.4 Å². The highest BCUT2D eigenvalue weighted by Gasteiger charge is 2.10. The predicted octanol–water partition coefficient (Wildman–Crippen LogP) is 7.46. The number of aromatic nitrogens is 1. The first-order valence-corrected chi connectivity index (χ1v) is 13.6. The highest BCUT2D eigenvalue weighted by atomic mass is 35.5. The molecular formula is C30H22ClN5O4S. The molecule has 0 bridgehead atoms. The third kappa shape index (κ3) is 7.33. The number of anilines is 2. The maximum Gasteiger partial charge on any atom is 0.271 e. The number of hydrogen-bond acceptors (Lipinski definition) is 8. The van der Waals surface area contributed by atoms with Crippen LogP contribution < -0.4 is 15.5 Å². The van der Waals surface area contributed by atoms with Crippen LogP contribution in [0.5, 0.6) is 5.75 Å². The highest BCUT2D eigenvalue weighted by Crippen LogP contribution is 2.28. The number of carbonyl (C=O) groups is 1. The SMILES string of the molecule is O=C(N/N=C\c1ccccc1OCc1cccc([N+](=O)[O-])c1)c1ccc(-c2csc(Nc3ccc(Cl)cc3)n2)cc1. The van der Waals surface area contributed by atoms with Gasteiger partial charge in [-0.1, -0.05) is 48.0 Å². The number of halogens is 1. The van der Waals surface area contributed by atoms with Crippen molar-refractivity contribution in [2.75, 3.05) is 5.32 Å². The van der Waals surface area contributed by atoms with Gasteiger partial charge in [-0.05, 0) is 54.1 Å². The Kier molecular flexibility index (Phi) is 8.63. The molecule has 2 N–H and O–H groups in total. The molecule has 0 spiro atoms. The number of nitrogens with one attached hydrogen (secondary N) is 2. The first-order valence-electron chi connectivity index (χ1n) is 12.3. The maximum atomic E-state index is 12.7. The number of ether oxygens (including phenoxy) is 1. The Labute approximate surface area is 244 Å². The van der Waals surface area contributed by atoms with E-state index in [1.165, 1.54) is 29.7 Å². The van der Waals surface area contributed by atoms with Crippen molar-refractivity contribution >= 4 is 51.6 Å². The van der Waals surface area contributed by atoms with Gasteiger partial charge >= 0.3 is 0 Å². The number of hydrogen-bond donors (Lipinski definition) is 2. The average molecular weight is 584 g/mol. The van der Waals surface area contributed by atoms with E-state index in [2.05, 4.69) is 20.8 Å². The number of para-hydroxylation sites is 1. The van der Waals surface area contributed by atoms with Gasteiger partial charge in [-0.3, -0.25) is 14.9 Å². The topological polar surface area (TPSA) is 119 Å². The molecule has 5 aromatic rings. The minimum Gasteiger partial charge on any atom is -0.488 e. The summed E-state index contributed by atoms with van der Waals surface area (Å²) >= 11 is 7.42. The van der Waals surface area contributed by atoms with Gasteiger partial charge in [0.15, 0.2) is 5.13 Å². The summed E-state index contributed by atoms with van der Waals surface area (Å²) in [4.78, 5) is 27.8. The van der Waals surface area contributed by atoms with E-state index in [1.54, 1.807) is 42.5 Å². The Morgan fingerprint density at radius 2 is 1.80 bits per heavy atom. The van der Waals surface area contributed by atoms with Crippen molar-refractivity contribution in [3.63, 3.8) is 0 Å². The number of amides is 1. The molecule has 0 saturated heterocycles. The fourth-order valence-corrected chi connectivity index (χ4v) is 4.64. The lowest BCUT2D eigenvalue weighted by molar-refractivity contribution is -0.384. The van der Waals surface area contributed by atoms with E-state index in [4.69, 9.17) is 16.3 Å². The summed E-state index contributed by atoms with van der Waals surface area (Å²) < 4.78 is 5.85. The number of non-ortho nitro benzene ring substituents is 1. The van der Waals surface area contributed by atoms with Crippen molar-refractivity contribution in [3.8, 4) is 17.0 Å². The zero-order chi connectivity index (χ0) is 28.6. The number of hydrazone groups is 1. The maximum absolute atomic E-state index is 12.7. The van der Waals surface area contributed by atoms with Crippen LogP contribution in [0.4, 0.5) is 16.5 Å². The molecule has 1 heterocycles. The molecule has 1 aromatic heterocycles. The van der Waals surface area contributed by atoms with Crippen LogP contribution in [0.15, 0.2) is 108 Å². The van der Waals surface area contributed by atoms with Gasteiger partial charge in [-0.2, -0.15) is 5.10 Å². The van der Waals surface area contributed by atoms with Gasteiger partial charge in [-0.15, -0.1) is 11.3 Å². The molecule has 11 heteroatoms. The number of rotatable bonds is 10. The minimum absolute atomic E-state index is 0.000749. The van der Waals surface area contributed by atoms with Gasteiger partial charge in [0.1, 0.15) is 12.4 Å². The zero-order valence-corrected chi connectivity index (χ0v) is 22.9. The fraction of sp³-hybridized carbons (Fsp3) is 0.0333. The second kappa shape index (κ2) is 12.9. The fourth-order valence-electron chi connectivity index (χ4n) is 3.78. The molecule has 0 aliphatic heterocycles. The first kappa shape index (κ1) is 27.5. The van der Waals surface area contributed by atoms with Crippen molar-refractivity contribution < 1.29 is 14.5 Å². The molecule has 0 atom stereocenters. The number of thiazole rings is 1. The molecule has 0 aliphatic carbocycles. The molecule has 5 rings (SSSR count). The van der Waals surface area contributed by atoms with Crippen LogP contribution in [0, 0.1) is 10.1 Å². The van der Waals surface area contributed by atoms with E-state index in [-0.39, 0.29) is 18.2 Å². The summed E-state index contributed by atoms with van der Waals surface area (Å²) in [6, 6.07) is 27.9. The third-order valence-corrected chi connectivity index (χ3v) is 6.86. The third-order valence-electron chi connectivity index (χ3n) is 5.85. The van der Waals surface area contributed by atoms with Crippen molar-refractivity contribution in [3.05, 3.63) is 134 Å². The monoisotopic (exact) mass is 583 g/mol. The van der Waals surface area contributed by atoms with Crippen LogP contribution in [0.1, 0.15) is 21.5 Å². The van der Waals surface area contributed by atoms with Gasteiger partial charge in [0.2, 0.25) is 0 Å². The Hall–Kier alpha value is -5.06. The Morgan fingerprint density at radius 3 is 2.59 bits per heavy atom. The van der Waals surface area contributed by atoms with Crippen LogP contribution in [0.25, 0.3) is 11.3 Å². The molecule has 4 aromatic carbocycles. The van der Waals surface area contributed by atoms with E-state index < -0.39 is 4.92 Å². The van der Waals surface area contributed by atoms with Gasteiger partial charge in [0.25, 0.3) is 11.6 Å². The molecule has 204 valence electrons. The molecule has 0 aliphatic rings. The first-order chi connectivity index (χ1) is 19.9. The normalized spacial score (nSPS) is 10.9. The summed E-state index contributed by atoms with van der Waals surface area (Å²) in [6.45, 7) is 0.142. The minimum atomic E-state index is -0.447. The summed E-state index contributed by atoms with van der Waals surface area (Å²) in [7, 11) is 0. The molecule has 1 amide bonds. The number of nitro groups is 1. The smallest absolute Gasteiger partial charge is 0.271 e. The van der Waals surface area contributed by atoms with Crippen LogP contribution in [-0.4, -0.2) is 22.0 Å². The van der Waals surface area contributed by atoms with Crippen LogP contribution in [0.3, 0.4) is 0 Å². The van der Waals surface area contributed by atoms with E-state index in [0.717, 1.165) is 22.1 Å². The van der Waals surface area contributed by atoms with Gasteiger partial charge in [0, 0.05) is 44.9 Å². The van der Waals surface area contributed by atoms with Crippen LogP contribution in [0.2, 0.25) is 5.02 Å². The molecule has 0 saturated carbocycles. The van der Waals surface area contributed by atoms with E-state index in [0.29, 0.717) is 27.5 Å². The number of nitrogens with zero attached hydrogens (tertiary/aromatic N) is 3. The van der Waals surface area contributed by atoms with Gasteiger partial charge in [-0.25, -0.2) is 10.4 Å². The number of carbonyl (C=O) groups excluding carboxylic acids is 1. The Balaban J connectivity index is 1.17. The van der Waals surface area contributed by atoms with Crippen LogP contribution in [-0.2, 0) is 6.61 Å². The lowest BCUT2D eigenvalue weighted by atomic mass is 10.1. The molecule has 41 heavy (non-hydrogen) atoms. The lowest BCUT2D eigenvalue weighted by Crippen LogP contribution is -2.17. The largest absolute Gasteiger partial charge is 0.488 e. The Morgan fingerprint density at radius 1 is 1.02 bits per heavy atom. The van der Waals surface area contributed by atoms with Crippen molar-refractivity contribution in [1.29, 1.82) is 0 Å². The van der Waals surface area contributed by atoms with Crippen molar-refractivity contribution in [2.24, 2.45) is 5.10 Å². The second-order valence-corrected chi connectivity index (χ2v) is 9.99. The molecule has 9 nitrogen and oxygen atoms in total. The van der Waals surface area contributed by atoms with E-state index in [9.17, 15) is 14.9 Å². The van der Waals surface area contributed by atoms with Gasteiger partial charge < -0.3 is 10.1 Å². The summed E-state index contributed by atoms with van der Waals surface area (Å²) in [6.07, 6.45) is 1.49. The molecule has 0 radical (unpaired) electrons. The van der Waals surface area contributed by atoms with Gasteiger partial charge in [0.05, 0.1) is 16.8 Å². The Bertz CT molecular complexity index is 1710. The zero-order valence-electron chi connectivity index (χ0n) is 21.4. The number of benzene rings is 4. The molecule has 0 fully saturated rings. The van der Waals surface area contributed by atoms with E-state index in [1.807, 2.05) is 47.8 Å². The summed E-state index contributed by atoms with van der Waals surface area (Å²) in [5.41, 5.74) is 6.82. The molecular weight excluding hydrogens is 562 g/mol. The predicted molar refractivity (Wildman–Crippen MR) is 161 cm³/mol. The summed E-state index contributed by atoms with van der Waals surface area (Å²) in [5.74, 6) is 0.153. The lowest BCUT2D eigenvalue weighted by Gasteiger charge is -2.09. The molecule has 0 unspecified atom stereocenters. The van der Waals surface area contributed by atoms with E-state index >= 15 is 0 Å². The standard InChI is InChI=1S/C30H22ClN5O4S/c31-24-12-14-25(15-13-24)33-30-34-27(19-41-30)21-8-10-22(11-9-21)29(37)35-32-17-23-5-1-2-7-28(23)40-18-20-4-3-6-26(16-20)36(38)39/h1-17,19H,18H2,(H,33,34)(H,35,37)/b32-17-. The van der Waals surface area contributed by atoms with Crippen molar-refractivity contribution in [2.45, 2.75) is 6.61 Å². The number of nitro benzene ring substituents is 1. The second-order valence-electron chi connectivity index (χ2n) is 8.70.